The zero-order chi connectivity index (χ0) is 21.7. The van der Waals surface area contributed by atoms with Gasteiger partial charge in [-0.15, -0.1) is 0 Å². The van der Waals surface area contributed by atoms with Crippen LogP contribution in [0.25, 0.3) is 11.3 Å². The van der Waals surface area contributed by atoms with Gasteiger partial charge < -0.3 is 10.3 Å². The van der Waals surface area contributed by atoms with Gasteiger partial charge in [-0.25, -0.2) is 14.4 Å². The fourth-order valence-electron chi connectivity index (χ4n) is 5.90. The summed E-state index contributed by atoms with van der Waals surface area (Å²) >= 11 is 0. The number of nitrogen functional groups attached to an aromatic ring is 1. The molecule has 0 spiro atoms. The number of fused-ring (bicyclic) bond motifs is 1. The Balaban J connectivity index is 1.27. The molecule has 0 bridgehead atoms. The highest BCUT2D eigenvalue weighted by atomic mass is 19.1. The maximum absolute atomic E-state index is 12.6. The second-order valence-electron chi connectivity index (χ2n) is 9.98. The number of aryl methyl sites for hydroxylation is 1. The minimum absolute atomic E-state index is 0.230. The highest BCUT2D eigenvalue weighted by Gasteiger charge is 2.58. The van der Waals surface area contributed by atoms with Crippen molar-refractivity contribution in [3.05, 3.63) is 29.8 Å². The average Bonchev–Trinajstić information content (AvgIpc) is 3.10. The van der Waals surface area contributed by atoms with Crippen LogP contribution in [-0.2, 0) is 0 Å². The van der Waals surface area contributed by atoms with Crippen molar-refractivity contribution >= 4 is 5.82 Å². The summed E-state index contributed by atoms with van der Waals surface area (Å²) in [5.41, 5.74) is 8.95. The molecule has 4 atom stereocenters. The third-order valence-corrected chi connectivity index (χ3v) is 7.71. The van der Waals surface area contributed by atoms with E-state index in [1.54, 1.807) is 0 Å². The topological polar surface area (TPSA) is 63.2 Å². The smallest absolute Gasteiger partial charge is 0.126 e. The zero-order valence-corrected chi connectivity index (χ0v) is 19.0. The molecule has 2 aromatic rings. The molecular weight excluding hydrogens is 391 g/mol. The Morgan fingerprint density at radius 2 is 1.87 bits per heavy atom. The van der Waals surface area contributed by atoms with Gasteiger partial charge in [-0.3, -0.25) is 9.80 Å². The molecule has 2 aromatic heterocycles. The number of hydrogen-bond donors (Lipinski definition) is 1. The Morgan fingerprint density at radius 3 is 2.48 bits per heavy atom. The van der Waals surface area contributed by atoms with Crippen molar-refractivity contribution in [2.24, 2.45) is 11.8 Å². The molecule has 2 saturated carbocycles. The van der Waals surface area contributed by atoms with Crippen LogP contribution in [0.1, 0.15) is 50.0 Å². The number of alkyl halides is 1. The summed E-state index contributed by atoms with van der Waals surface area (Å²) in [5, 5.41) is 0. The largest absolute Gasteiger partial charge is 0.383 e. The van der Waals surface area contributed by atoms with Gasteiger partial charge in [0.05, 0.1) is 5.69 Å². The zero-order valence-electron chi connectivity index (χ0n) is 19.0. The molecular formula is C24H35FN6. The third-order valence-electron chi connectivity index (χ3n) is 7.71. The van der Waals surface area contributed by atoms with Gasteiger partial charge in [0, 0.05) is 68.7 Å². The van der Waals surface area contributed by atoms with Gasteiger partial charge in [0.2, 0.25) is 0 Å². The summed E-state index contributed by atoms with van der Waals surface area (Å²) in [6.45, 7) is 11.0. The van der Waals surface area contributed by atoms with Crippen LogP contribution in [0.2, 0.25) is 0 Å². The number of rotatable bonds is 6. The first-order valence-electron chi connectivity index (χ1n) is 11.8. The fraction of sp³-hybridized carbons (Fsp3) is 0.667. The van der Waals surface area contributed by atoms with E-state index < -0.39 is 0 Å². The molecule has 3 fully saturated rings. The summed E-state index contributed by atoms with van der Waals surface area (Å²) in [4.78, 5) is 14.3. The molecule has 3 aliphatic rings. The molecule has 6 nitrogen and oxygen atoms in total. The number of hydrogen-bond acceptors (Lipinski definition) is 5. The molecule has 168 valence electrons. The lowest BCUT2D eigenvalue weighted by Crippen LogP contribution is -2.50. The number of halogens is 1. The highest BCUT2D eigenvalue weighted by Crippen LogP contribution is 2.62. The van der Waals surface area contributed by atoms with Gasteiger partial charge >= 0.3 is 0 Å². The van der Waals surface area contributed by atoms with E-state index in [0.717, 1.165) is 54.8 Å². The van der Waals surface area contributed by atoms with Gasteiger partial charge in [-0.05, 0) is 43.2 Å². The second kappa shape index (κ2) is 8.17. The van der Waals surface area contributed by atoms with E-state index in [2.05, 4.69) is 45.5 Å². The Kier molecular flexibility index (Phi) is 5.51. The van der Waals surface area contributed by atoms with Crippen molar-refractivity contribution in [2.45, 2.75) is 51.6 Å². The van der Waals surface area contributed by atoms with Crippen LogP contribution in [0.3, 0.4) is 0 Å². The lowest BCUT2D eigenvalue weighted by molar-refractivity contribution is 0.0873. The van der Waals surface area contributed by atoms with Gasteiger partial charge in [-0.1, -0.05) is 13.8 Å². The predicted octanol–water partition coefficient (Wildman–Crippen LogP) is 3.50. The first-order chi connectivity index (χ1) is 15.0. The summed E-state index contributed by atoms with van der Waals surface area (Å²) in [5.74, 6) is 3.68. The summed E-state index contributed by atoms with van der Waals surface area (Å²) in [6, 6.07) is 3.38. The molecule has 2 aliphatic carbocycles. The average molecular weight is 427 g/mol. The van der Waals surface area contributed by atoms with Crippen molar-refractivity contribution in [1.82, 2.24) is 24.3 Å². The molecule has 7 heteroatoms. The number of pyridine rings is 1. The van der Waals surface area contributed by atoms with E-state index >= 15 is 0 Å². The minimum atomic E-state index is -0.230. The number of nitrogens with zero attached hydrogens (tertiary/aromatic N) is 5. The SMILES string of the molecule is Cc1cc(-c2cn([C@H]3[C@@H]4CC(N5CCN(CCF)CC5)C[C@@H]43)c(C(C)C)n2)cnc1N. The molecule has 1 aliphatic heterocycles. The fourth-order valence-corrected chi connectivity index (χ4v) is 5.90. The number of imidazole rings is 1. The Bertz CT molecular complexity index is 920. The monoisotopic (exact) mass is 426 g/mol. The Hall–Kier alpha value is -1.99. The minimum Gasteiger partial charge on any atom is -0.383 e. The first-order valence-corrected chi connectivity index (χ1v) is 11.8. The number of nitrogens with two attached hydrogens (primary N) is 1. The van der Waals surface area contributed by atoms with Crippen LogP contribution in [0.15, 0.2) is 18.5 Å². The van der Waals surface area contributed by atoms with Crippen LogP contribution < -0.4 is 5.73 Å². The molecule has 1 saturated heterocycles. The second-order valence-corrected chi connectivity index (χ2v) is 9.98. The third kappa shape index (κ3) is 3.87. The summed E-state index contributed by atoms with van der Waals surface area (Å²) in [7, 11) is 0. The first kappa shape index (κ1) is 20.9. The lowest BCUT2D eigenvalue weighted by Gasteiger charge is -2.38. The molecule has 1 unspecified atom stereocenters. The molecule has 0 radical (unpaired) electrons. The quantitative estimate of drug-likeness (QED) is 0.766. The van der Waals surface area contributed by atoms with Crippen LogP contribution in [0, 0.1) is 18.8 Å². The van der Waals surface area contributed by atoms with E-state index in [-0.39, 0.29) is 6.67 Å². The van der Waals surface area contributed by atoms with Crippen molar-refractivity contribution in [3.8, 4) is 11.3 Å². The molecule has 3 heterocycles. The van der Waals surface area contributed by atoms with Crippen LogP contribution in [0.4, 0.5) is 10.2 Å². The van der Waals surface area contributed by atoms with E-state index in [4.69, 9.17) is 10.7 Å². The van der Waals surface area contributed by atoms with Crippen LogP contribution >= 0.6 is 0 Å². The van der Waals surface area contributed by atoms with Crippen molar-refractivity contribution < 1.29 is 4.39 Å². The van der Waals surface area contributed by atoms with E-state index in [0.29, 0.717) is 30.4 Å². The van der Waals surface area contributed by atoms with Crippen molar-refractivity contribution in [3.63, 3.8) is 0 Å². The number of aromatic nitrogens is 3. The Morgan fingerprint density at radius 1 is 1.16 bits per heavy atom. The van der Waals surface area contributed by atoms with Crippen molar-refractivity contribution in [2.75, 3.05) is 45.1 Å². The molecule has 5 rings (SSSR count). The Labute approximate surface area is 184 Å². The molecule has 0 aromatic carbocycles. The van der Waals surface area contributed by atoms with Gasteiger partial charge in [0.25, 0.3) is 0 Å². The van der Waals surface area contributed by atoms with Gasteiger partial charge in [0.15, 0.2) is 0 Å². The number of piperazine rings is 1. The molecule has 2 N–H and O–H groups in total. The highest BCUT2D eigenvalue weighted by molar-refractivity contribution is 5.61. The number of anilines is 1. The van der Waals surface area contributed by atoms with Gasteiger partial charge in [-0.2, -0.15) is 0 Å². The van der Waals surface area contributed by atoms with Gasteiger partial charge in [0.1, 0.15) is 18.3 Å². The van der Waals surface area contributed by atoms with Crippen LogP contribution in [-0.4, -0.2) is 69.8 Å². The van der Waals surface area contributed by atoms with E-state index in [1.807, 2.05) is 13.1 Å². The van der Waals surface area contributed by atoms with E-state index in [1.165, 1.54) is 18.7 Å². The van der Waals surface area contributed by atoms with Crippen molar-refractivity contribution in [1.29, 1.82) is 0 Å². The standard InChI is InChI=1S/C24H35FN6/c1-15(2)24-28-21(17-10-16(3)23(26)27-13-17)14-31(24)22-19-11-18(12-20(19)22)30-8-6-29(5-4-25)7-9-30/h10,13-15,18-20,22H,4-9,11-12H2,1-3H3,(H2,26,27)/t18?,19-,20+,22+. The maximum atomic E-state index is 12.6. The molecule has 0 amide bonds. The summed E-state index contributed by atoms with van der Waals surface area (Å²) < 4.78 is 15.1. The van der Waals surface area contributed by atoms with E-state index in [9.17, 15) is 4.39 Å². The predicted molar refractivity (Wildman–Crippen MR) is 122 cm³/mol. The normalized spacial score (nSPS) is 28.9. The maximum Gasteiger partial charge on any atom is 0.126 e. The van der Waals surface area contributed by atoms with Crippen LogP contribution in [0.5, 0.6) is 0 Å². The molecule has 31 heavy (non-hydrogen) atoms. The summed E-state index contributed by atoms with van der Waals surface area (Å²) in [6.07, 6.45) is 6.65. The lowest BCUT2D eigenvalue weighted by atomic mass is 10.1.